The van der Waals surface area contributed by atoms with Crippen molar-refractivity contribution in [2.24, 2.45) is 0 Å². The highest BCUT2D eigenvalue weighted by molar-refractivity contribution is 5.90. The molecule has 1 N–H and O–H groups in total. The largest absolute Gasteiger partial charge is 0.490 e. The molecule has 29 heavy (non-hydrogen) atoms. The smallest absolute Gasteiger partial charge is 0.224 e. The lowest BCUT2D eigenvalue weighted by Gasteiger charge is -2.22. The van der Waals surface area contributed by atoms with Crippen molar-refractivity contribution in [2.45, 2.75) is 45.4 Å². The van der Waals surface area contributed by atoms with E-state index in [4.69, 9.17) is 9.47 Å². The van der Waals surface area contributed by atoms with E-state index in [9.17, 15) is 4.79 Å². The van der Waals surface area contributed by atoms with Gasteiger partial charge in [-0.3, -0.25) is 4.79 Å². The molecule has 156 valence electrons. The molecule has 0 aromatic heterocycles. The van der Waals surface area contributed by atoms with Crippen LogP contribution in [-0.2, 0) is 4.79 Å². The highest BCUT2D eigenvalue weighted by Crippen LogP contribution is 2.26. The molecule has 1 aliphatic heterocycles. The highest BCUT2D eigenvalue weighted by Gasteiger charge is 2.10. The molecule has 0 aliphatic carbocycles. The number of rotatable bonds is 9. The number of anilines is 2. The van der Waals surface area contributed by atoms with Crippen LogP contribution in [0.2, 0.25) is 0 Å². The summed E-state index contributed by atoms with van der Waals surface area (Å²) in [5.74, 6) is 1.47. The molecule has 0 unspecified atom stereocenters. The van der Waals surface area contributed by atoms with E-state index in [2.05, 4.69) is 22.3 Å². The monoisotopic (exact) mass is 396 g/mol. The van der Waals surface area contributed by atoms with Gasteiger partial charge in [0.25, 0.3) is 0 Å². The summed E-state index contributed by atoms with van der Waals surface area (Å²) < 4.78 is 11.3. The fourth-order valence-electron chi connectivity index (χ4n) is 3.57. The van der Waals surface area contributed by atoms with Gasteiger partial charge in [-0.15, -0.1) is 0 Å². The molecule has 0 atom stereocenters. The van der Waals surface area contributed by atoms with E-state index in [1.165, 1.54) is 31.4 Å². The van der Waals surface area contributed by atoms with Gasteiger partial charge >= 0.3 is 0 Å². The average molecular weight is 397 g/mol. The SMILES string of the molecule is CCOc1ccccc1OCCCC(=O)Nc1ccc(N2CCCCCC2)cc1. The first-order valence-corrected chi connectivity index (χ1v) is 10.8. The summed E-state index contributed by atoms with van der Waals surface area (Å²) in [4.78, 5) is 14.7. The van der Waals surface area contributed by atoms with Gasteiger partial charge in [-0.2, -0.15) is 0 Å². The molecule has 0 saturated carbocycles. The van der Waals surface area contributed by atoms with Gasteiger partial charge in [-0.25, -0.2) is 0 Å². The molecule has 1 heterocycles. The molecule has 2 aromatic rings. The van der Waals surface area contributed by atoms with Crippen molar-refractivity contribution in [1.29, 1.82) is 0 Å². The van der Waals surface area contributed by atoms with E-state index in [0.717, 1.165) is 30.3 Å². The third-order valence-corrected chi connectivity index (χ3v) is 5.08. The maximum absolute atomic E-state index is 12.2. The third kappa shape index (κ3) is 6.70. The van der Waals surface area contributed by atoms with Crippen LogP contribution < -0.4 is 19.7 Å². The molecule has 5 heteroatoms. The number of carbonyl (C=O) groups is 1. The molecule has 0 bridgehead atoms. The second kappa shape index (κ2) is 11.3. The Balaban J connectivity index is 1.40. The first-order chi connectivity index (χ1) is 14.3. The van der Waals surface area contributed by atoms with Gasteiger partial charge in [0.1, 0.15) is 0 Å². The Labute approximate surface area is 174 Å². The van der Waals surface area contributed by atoms with E-state index < -0.39 is 0 Å². The van der Waals surface area contributed by atoms with E-state index in [0.29, 0.717) is 26.1 Å². The lowest BCUT2D eigenvalue weighted by Crippen LogP contribution is -2.23. The minimum atomic E-state index is 0.00853. The maximum Gasteiger partial charge on any atom is 0.224 e. The fourth-order valence-corrected chi connectivity index (χ4v) is 3.57. The molecule has 1 amide bonds. The summed E-state index contributed by atoms with van der Waals surface area (Å²) in [6, 6.07) is 15.8. The summed E-state index contributed by atoms with van der Waals surface area (Å²) in [6.07, 6.45) is 6.24. The van der Waals surface area contributed by atoms with Gasteiger partial charge in [0, 0.05) is 30.9 Å². The predicted octanol–water partition coefficient (Wildman–Crippen LogP) is 5.26. The number of carbonyl (C=O) groups excluding carboxylic acids is 1. The lowest BCUT2D eigenvalue weighted by molar-refractivity contribution is -0.116. The molecule has 0 spiro atoms. The molecular formula is C24H32N2O3. The number of hydrogen-bond acceptors (Lipinski definition) is 4. The molecule has 5 nitrogen and oxygen atoms in total. The Bertz CT molecular complexity index is 753. The number of para-hydroxylation sites is 2. The first kappa shape index (κ1) is 21.0. The Morgan fingerprint density at radius 3 is 2.24 bits per heavy atom. The fraction of sp³-hybridized carbons (Fsp3) is 0.458. The van der Waals surface area contributed by atoms with E-state index >= 15 is 0 Å². The second-order valence-electron chi connectivity index (χ2n) is 7.33. The van der Waals surface area contributed by atoms with Crippen LogP contribution in [0.25, 0.3) is 0 Å². The topological polar surface area (TPSA) is 50.8 Å². The number of benzene rings is 2. The van der Waals surface area contributed by atoms with Crippen LogP contribution in [0.4, 0.5) is 11.4 Å². The average Bonchev–Trinajstić information content (AvgIpc) is 3.03. The Morgan fingerprint density at radius 1 is 0.931 bits per heavy atom. The zero-order valence-corrected chi connectivity index (χ0v) is 17.4. The minimum absolute atomic E-state index is 0.00853. The Kier molecular flexibility index (Phi) is 8.23. The third-order valence-electron chi connectivity index (χ3n) is 5.08. The number of amides is 1. The van der Waals surface area contributed by atoms with Crippen molar-refractivity contribution in [3.63, 3.8) is 0 Å². The van der Waals surface area contributed by atoms with Gasteiger partial charge < -0.3 is 19.7 Å². The molecule has 3 rings (SSSR count). The molecule has 0 radical (unpaired) electrons. The summed E-state index contributed by atoms with van der Waals surface area (Å²) in [7, 11) is 0. The Hall–Kier alpha value is -2.69. The Morgan fingerprint density at radius 2 is 1.59 bits per heavy atom. The number of nitrogens with zero attached hydrogens (tertiary/aromatic N) is 1. The van der Waals surface area contributed by atoms with Gasteiger partial charge in [0.05, 0.1) is 13.2 Å². The second-order valence-corrected chi connectivity index (χ2v) is 7.33. The van der Waals surface area contributed by atoms with Crippen molar-refractivity contribution in [3.8, 4) is 11.5 Å². The standard InChI is InChI=1S/C24H32N2O3/c1-2-28-22-10-5-6-11-23(22)29-19-9-12-24(27)25-20-13-15-21(16-14-20)26-17-7-3-4-8-18-26/h5-6,10-11,13-16H,2-4,7-9,12,17-19H2,1H3,(H,25,27). The summed E-state index contributed by atoms with van der Waals surface area (Å²) in [6.45, 7) is 5.27. The number of hydrogen-bond donors (Lipinski definition) is 1. The van der Waals surface area contributed by atoms with Crippen molar-refractivity contribution < 1.29 is 14.3 Å². The van der Waals surface area contributed by atoms with Gasteiger partial charge in [-0.05, 0) is 62.6 Å². The van der Waals surface area contributed by atoms with Crippen LogP contribution in [0.1, 0.15) is 45.4 Å². The van der Waals surface area contributed by atoms with Crippen molar-refractivity contribution >= 4 is 17.3 Å². The van der Waals surface area contributed by atoms with Crippen molar-refractivity contribution in [1.82, 2.24) is 0 Å². The molecular weight excluding hydrogens is 364 g/mol. The molecule has 1 saturated heterocycles. The molecule has 1 fully saturated rings. The van der Waals surface area contributed by atoms with Gasteiger partial charge in [0.15, 0.2) is 11.5 Å². The predicted molar refractivity (Wildman–Crippen MR) is 118 cm³/mol. The minimum Gasteiger partial charge on any atom is -0.490 e. The maximum atomic E-state index is 12.2. The summed E-state index contributed by atoms with van der Waals surface area (Å²) in [5, 5.41) is 2.98. The van der Waals surface area contributed by atoms with Gasteiger partial charge in [0.2, 0.25) is 5.91 Å². The lowest BCUT2D eigenvalue weighted by atomic mass is 10.2. The number of nitrogens with one attached hydrogen (secondary N) is 1. The van der Waals surface area contributed by atoms with E-state index in [1.807, 2.05) is 43.3 Å². The summed E-state index contributed by atoms with van der Waals surface area (Å²) in [5.41, 5.74) is 2.09. The van der Waals surface area contributed by atoms with Gasteiger partial charge in [-0.1, -0.05) is 25.0 Å². The number of ether oxygens (including phenoxy) is 2. The van der Waals surface area contributed by atoms with E-state index in [-0.39, 0.29) is 5.91 Å². The van der Waals surface area contributed by atoms with Crippen molar-refractivity contribution in [3.05, 3.63) is 48.5 Å². The zero-order chi connectivity index (χ0) is 20.3. The van der Waals surface area contributed by atoms with Crippen LogP contribution in [0.15, 0.2) is 48.5 Å². The zero-order valence-electron chi connectivity index (χ0n) is 17.4. The van der Waals surface area contributed by atoms with Crippen LogP contribution in [0.5, 0.6) is 11.5 Å². The van der Waals surface area contributed by atoms with Crippen LogP contribution in [-0.4, -0.2) is 32.2 Å². The molecule has 2 aromatic carbocycles. The molecule has 1 aliphatic rings. The highest BCUT2D eigenvalue weighted by atomic mass is 16.5. The normalized spacial score (nSPS) is 14.2. The van der Waals surface area contributed by atoms with E-state index in [1.54, 1.807) is 0 Å². The first-order valence-electron chi connectivity index (χ1n) is 10.8. The quantitative estimate of drug-likeness (QED) is 0.587. The van der Waals surface area contributed by atoms with Crippen molar-refractivity contribution in [2.75, 3.05) is 36.5 Å². The van der Waals surface area contributed by atoms with Crippen LogP contribution in [0, 0.1) is 0 Å². The van der Waals surface area contributed by atoms with Crippen LogP contribution in [0.3, 0.4) is 0 Å². The summed E-state index contributed by atoms with van der Waals surface area (Å²) >= 11 is 0. The van der Waals surface area contributed by atoms with Crippen LogP contribution >= 0.6 is 0 Å².